The number of pyridine rings is 2. The molecular weight excluding hydrogens is 405 g/mol. The lowest BCUT2D eigenvalue weighted by Gasteiger charge is -2.35. The molecule has 2 amide bonds. The Morgan fingerprint density at radius 1 is 1.23 bits per heavy atom. The molecule has 4 heterocycles. The molecule has 3 aromatic rings. The first-order valence-electron chi connectivity index (χ1n) is 9.91. The molecule has 0 bridgehead atoms. The number of fused-ring (bicyclic) bond motifs is 1. The van der Waals surface area contributed by atoms with E-state index in [-0.39, 0.29) is 24.7 Å². The molecule has 1 aliphatic rings. The van der Waals surface area contributed by atoms with Crippen molar-refractivity contribution >= 4 is 34.0 Å². The Hall–Kier alpha value is -2.72. The molecule has 3 aromatic heterocycles. The number of urea groups is 1. The van der Waals surface area contributed by atoms with E-state index in [1.165, 1.54) is 16.2 Å². The molecule has 158 valence electrons. The minimum absolute atomic E-state index is 0.0638. The second kappa shape index (κ2) is 8.57. The van der Waals surface area contributed by atoms with Gasteiger partial charge in [0.1, 0.15) is 22.7 Å². The summed E-state index contributed by atoms with van der Waals surface area (Å²) < 4.78 is 14.5. The van der Waals surface area contributed by atoms with Crippen molar-refractivity contribution in [2.75, 3.05) is 18.4 Å². The fourth-order valence-electron chi connectivity index (χ4n) is 3.52. The standard InChI is InChI=1S/C20H24FN7OS/c1-11(2)24-16-4-5-28(10-15(16)21)20(29)25-18-7-13-6-17(19-27-26-12(3)30-19)22-8-14(13)9-23-18/h6-9,11,15-16,24H,4-5,10H2,1-3H3,(H,23,25,29)/t15-,16+/m1/s1. The van der Waals surface area contributed by atoms with Crippen LogP contribution in [-0.2, 0) is 0 Å². The first-order valence-corrected chi connectivity index (χ1v) is 10.7. The summed E-state index contributed by atoms with van der Waals surface area (Å²) in [4.78, 5) is 22.8. The Balaban J connectivity index is 1.46. The van der Waals surface area contributed by atoms with Crippen LogP contribution >= 0.6 is 11.3 Å². The predicted octanol–water partition coefficient (Wildman–Crippen LogP) is 3.40. The van der Waals surface area contributed by atoms with Crippen LogP contribution < -0.4 is 10.6 Å². The molecule has 30 heavy (non-hydrogen) atoms. The van der Waals surface area contributed by atoms with Crippen LogP contribution in [0.2, 0.25) is 0 Å². The number of hydrogen-bond donors (Lipinski definition) is 2. The topological polar surface area (TPSA) is 95.9 Å². The molecule has 2 atom stereocenters. The van der Waals surface area contributed by atoms with Crippen LogP contribution in [0.25, 0.3) is 21.5 Å². The van der Waals surface area contributed by atoms with Gasteiger partial charge in [-0.15, -0.1) is 10.2 Å². The number of hydrogen-bond acceptors (Lipinski definition) is 7. The maximum atomic E-state index is 14.5. The predicted molar refractivity (Wildman–Crippen MR) is 115 cm³/mol. The van der Waals surface area contributed by atoms with Gasteiger partial charge in [-0.3, -0.25) is 10.3 Å². The van der Waals surface area contributed by atoms with Crippen LogP contribution in [0.1, 0.15) is 25.3 Å². The number of aromatic nitrogens is 4. The van der Waals surface area contributed by atoms with Crippen molar-refractivity contribution in [2.24, 2.45) is 0 Å². The number of nitrogens with zero attached hydrogens (tertiary/aromatic N) is 5. The summed E-state index contributed by atoms with van der Waals surface area (Å²) in [7, 11) is 0. The van der Waals surface area contributed by atoms with Crippen LogP contribution in [0.4, 0.5) is 15.0 Å². The van der Waals surface area contributed by atoms with Gasteiger partial charge in [0.25, 0.3) is 0 Å². The summed E-state index contributed by atoms with van der Waals surface area (Å²) in [5.41, 5.74) is 0.719. The molecule has 1 saturated heterocycles. The van der Waals surface area contributed by atoms with Crippen molar-refractivity contribution in [3.8, 4) is 10.7 Å². The zero-order valence-corrected chi connectivity index (χ0v) is 17.9. The lowest BCUT2D eigenvalue weighted by Crippen LogP contribution is -2.54. The van der Waals surface area contributed by atoms with Gasteiger partial charge in [-0.25, -0.2) is 14.2 Å². The summed E-state index contributed by atoms with van der Waals surface area (Å²) in [6, 6.07) is 3.32. The van der Waals surface area contributed by atoms with E-state index < -0.39 is 6.17 Å². The van der Waals surface area contributed by atoms with E-state index in [0.717, 1.165) is 26.5 Å². The van der Waals surface area contributed by atoms with E-state index in [2.05, 4.69) is 30.8 Å². The molecule has 0 saturated carbocycles. The van der Waals surface area contributed by atoms with Gasteiger partial charge < -0.3 is 10.2 Å². The van der Waals surface area contributed by atoms with E-state index in [1.807, 2.05) is 26.8 Å². The third kappa shape index (κ3) is 4.54. The molecule has 1 aliphatic heterocycles. The number of carbonyl (C=O) groups excluding carboxylic acids is 1. The van der Waals surface area contributed by atoms with Crippen molar-refractivity contribution in [2.45, 2.75) is 45.4 Å². The molecule has 0 spiro atoms. The molecule has 0 aromatic carbocycles. The molecular formula is C20H24FN7OS. The van der Waals surface area contributed by atoms with Gasteiger partial charge in [-0.1, -0.05) is 25.2 Å². The molecule has 0 radical (unpaired) electrons. The normalized spacial score (nSPS) is 19.4. The average Bonchev–Trinajstić information content (AvgIpc) is 3.15. The van der Waals surface area contributed by atoms with Crippen molar-refractivity contribution in [1.29, 1.82) is 0 Å². The van der Waals surface area contributed by atoms with Crippen molar-refractivity contribution < 1.29 is 9.18 Å². The molecule has 0 unspecified atom stereocenters. The fraction of sp³-hybridized carbons (Fsp3) is 0.450. The van der Waals surface area contributed by atoms with Gasteiger partial charge in [-0.05, 0) is 30.9 Å². The second-order valence-electron chi connectivity index (χ2n) is 7.72. The fourth-order valence-corrected chi connectivity index (χ4v) is 4.18. The summed E-state index contributed by atoms with van der Waals surface area (Å²) in [6.07, 6.45) is 2.86. The molecule has 4 rings (SSSR count). The molecule has 2 N–H and O–H groups in total. The number of nitrogens with one attached hydrogen (secondary N) is 2. The number of rotatable bonds is 4. The van der Waals surface area contributed by atoms with Crippen LogP contribution in [0.3, 0.4) is 0 Å². The SMILES string of the molecule is Cc1nnc(-c2cc3cc(NC(=O)N4CC[C@H](NC(C)C)[C@H](F)C4)ncc3cn2)s1. The number of carbonyl (C=O) groups is 1. The molecule has 8 nitrogen and oxygen atoms in total. The number of alkyl halides is 1. The van der Waals surface area contributed by atoms with Gasteiger partial charge in [0.2, 0.25) is 0 Å². The lowest BCUT2D eigenvalue weighted by atomic mass is 10.0. The average molecular weight is 430 g/mol. The number of halogens is 1. The van der Waals surface area contributed by atoms with Crippen LogP contribution in [0.15, 0.2) is 24.5 Å². The second-order valence-corrected chi connectivity index (χ2v) is 8.90. The quantitative estimate of drug-likeness (QED) is 0.660. The van der Waals surface area contributed by atoms with Crippen molar-refractivity contribution in [1.82, 2.24) is 30.4 Å². The summed E-state index contributed by atoms with van der Waals surface area (Å²) in [5, 5.41) is 17.5. The lowest BCUT2D eigenvalue weighted by molar-refractivity contribution is 0.119. The minimum atomic E-state index is -1.10. The Morgan fingerprint density at radius 3 is 2.73 bits per heavy atom. The van der Waals surface area contributed by atoms with Gasteiger partial charge in [0, 0.05) is 36.4 Å². The highest BCUT2D eigenvalue weighted by atomic mass is 32.1. The summed E-state index contributed by atoms with van der Waals surface area (Å²) in [5.74, 6) is 0.413. The Morgan fingerprint density at radius 2 is 2.03 bits per heavy atom. The number of aryl methyl sites for hydroxylation is 1. The largest absolute Gasteiger partial charge is 0.323 e. The number of anilines is 1. The van der Waals surface area contributed by atoms with Gasteiger partial charge >= 0.3 is 6.03 Å². The highest BCUT2D eigenvalue weighted by molar-refractivity contribution is 7.14. The Kier molecular flexibility index (Phi) is 5.87. The van der Waals surface area contributed by atoms with Crippen LogP contribution in [0, 0.1) is 6.92 Å². The van der Waals surface area contributed by atoms with Crippen LogP contribution in [-0.4, -0.2) is 62.4 Å². The smallest absolute Gasteiger partial charge is 0.321 e. The Labute approximate surface area is 177 Å². The third-order valence-corrected chi connectivity index (χ3v) is 5.82. The maximum absolute atomic E-state index is 14.5. The van der Waals surface area contributed by atoms with E-state index in [9.17, 15) is 9.18 Å². The summed E-state index contributed by atoms with van der Waals surface area (Å²) in [6.45, 7) is 6.43. The van der Waals surface area contributed by atoms with Crippen molar-refractivity contribution in [3.05, 3.63) is 29.5 Å². The van der Waals surface area contributed by atoms with Gasteiger partial charge in [-0.2, -0.15) is 0 Å². The number of likely N-dealkylation sites (tertiary alicyclic amines) is 1. The molecule has 1 fully saturated rings. The minimum Gasteiger partial charge on any atom is -0.321 e. The van der Waals surface area contributed by atoms with E-state index in [0.29, 0.717) is 18.8 Å². The van der Waals surface area contributed by atoms with Crippen molar-refractivity contribution in [3.63, 3.8) is 0 Å². The zero-order chi connectivity index (χ0) is 21.3. The first-order chi connectivity index (χ1) is 14.4. The molecule has 10 heteroatoms. The van der Waals surface area contributed by atoms with E-state index in [4.69, 9.17) is 0 Å². The molecule has 0 aliphatic carbocycles. The van der Waals surface area contributed by atoms with Gasteiger partial charge in [0.05, 0.1) is 6.54 Å². The highest BCUT2D eigenvalue weighted by Crippen LogP contribution is 2.25. The zero-order valence-electron chi connectivity index (χ0n) is 17.1. The number of amides is 2. The number of piperidine rings is 1. The monoisotopic (exact) mass is 429 g/mol. The van der Waals surface area contributed by atoms with Crippen LogP contribution in [0.5, 0.6) is 0 Å². The van der Waals surface area contributed by atoms with Gasteiger partial charge in [0.15, 0.2) is 5.01 Å². The maximum Gasteiger partial charge on any atom is 0.323 e. The summed E-state index contributed by atoms with van der Waals surface area (Å²) >= 11 is 1.47. The third-order valence-electron chi connectivity index (χ3n) is 4.96. The first kappa shape index (κ1) is 20.5. The Bertz CT molecular complexity index is 1060. The van der Waals surface area contributed by atoms with E-state index in [1.54, 1.807) is 18.5 Å². The highest BCUT2D eigenvalue weighted by Gasteiger charge is 2.31. The van der Waals surface area contributed by atoms with E-state index >= 15 is 0 Å².